The molecule has 0 saturated carbocycles. The summed E-state index contributed by atoms with van der Waals surface area (Å²) in [5, 5.41) is 10.8. The topological polar surface area (TPSA) is 46.0 Å². The second-order valence-electron chi connectivity index (χ2n) is 4.21. The summed E-state index contributed by atoms with van der Waals surface area (Å²) in [7, 11) is 0. The van der Waals surface area contributed by atoms with Gasteiger partial charge in [0.25, 0.3) is 0 Å². The highest BCUT2D eigenvalue weighted by atomic mass is 35.5. The third-order valence-electron chi connectivity index (χ3n) is 2.36. The van der Waals surface area contributed by atoms with E-state index in [2.05, 4.69) is 23.8 Å². The molecule has 16 heavy (non-hydrogen) atoms. The van der Waals surface area contributed by atoms with Gasteiger partial charge in [-0.15, -0.1) is 0 Å². The van der Waals surface area contributed by atoms with Crippen LogP contribution in [-0.2, 0) is 6.42 Å². The van der Waals surface area contributed by atoms with Gasteiger partial charge in [0, 0.05) is 5.39 Å². The molecule has 4 heteroatoms. The molecule has 0 radical (unpaired) electrons. The number of para-hydroxylation sites is 1. The maximum atomic E-state index is 9.71. The summed E-state index contributed by atoms with van der Waals surface area (Å²) >= 11 is 5.85. The second-order valence-corrected chi connectivity index (χ2v) is 4.55. The zero-order valence-corrected chi connectivity index (χ0v) is 9.99. The van der Waals surface area contributed by atoms with Crippen molar-refractivity contribution in [2.75, 3.05) is 0 Å². The van der Waals surface area contributed by atoms with Gasteiger partial charge in [0.15, 0.2) is 0 Å². The van der Waals surface area contributed by atoms with E-state index in [9.17, 15) is 5.11 Å². The molecule has 0 fully saturated rings. The van der Waals surface area contributed by atoms with Crippen LogP contribution in [0, 0.1) is 5.92 Å². The average molecular weight is 237 g/mol. The minimum atomic E-state index is 0.145. The quantitative estimate of drug-likeness (QED) is 0.815. The van der Waals surface area contributed by atoms with Crippen LogP contribution >= 0.6 is 11.6 Å². The van der Waals surface area contributed by atoms with Crippen LogP contribution in [-0.4, -0.2) is 15.1 Å². The largest absolute Gasteiger partial charge is 0.506 e. The lowest BCUT2D eigenvalue weighted by atomic mass is 10.0. The van der Waals surface area contributed by atoms with Crippen LogP contribution < -0.4 is 0 Å². The molecule has 0 unspecified atom stereocenters. The Morgan fingerprint density at radius 3 is 2.75 bits per heavy atom. The first kappa shape index (κ1) is 11.1. The number of hydrogen-bond donors (Lipinski definition) is 1. The van der Waals surface area contributed by atoms with Gasteiger partial charge in [0.2, 0.25) is 5.28 Å². The molecule has 0 atom stereocenters. The normalized spacial score (nSPS) is 11.2. The van der Waals surface area contributed by atoms with Crippen molar-refractivity contribution in [2.45, 2.75) is 20.3 Å². The Hall–Kier alpha value is -1.35. The molecule has 0 aliphatic heterocycles. The monoisotopic (exact) mass is 236 g/mol. The molecule has 0 amide bonds. The summed E-state index contributed by atoms with van der Waals surface area (Å²) in [6, 6.07) is 5.30. The number of halogens is 1. The Balaban J connectivity index is 2.68. The Bertz CT molecular complexity index is 526. The molecular weight excluding hydrogens is 224 g/mol. The Morgan fingerprint density at radius 2 is 2.06 bits per heavy atom. The highest BCUT2D eigenvalue weighted by molar-refractivity contribution is 6.28. The van der Waals surface area contributed by atoms with E-state index in [1.54, 1.807) is 12.1 Å². The molecule has 3 nitrogen and oxygen atoms in total. The van der Waals surface area contributed by atoms with Gasteiger partial charge in [-0.1, -0.05) is 26.0 Å². The predicted molar refractivity (Wildman–Crippen MR) is 64.8 cm³/mol. The molecule has 0 aliphatic rings. The van der Waals surface area contributed by atoms with Gasteiger partial charge in [0.1, 0.15) is 11.3 Å². The van der Waals surface area contributed by atoms with Gasteiger partial charge in [-0.05, 0) is 30.0 Å². The minimum absolute atomic E-state index is 0.145. The maximum Gasteiger partial charge on any atom is 0.223 e. The molecule has 1 aromatic carbocycles. The lowest BCUT2D eigenvalue weighted by molar-refractivity contribution is 0.480. The van der Waals surface area contributed by atoms with Crippen molar-refractivity contribution < 1.29 is 5.11 Å². The number of aromatic hydroxyl groups is 1. The van der Waals surface area contributed by atoms with Crippen LogP contribution in [0.15, 0.2) is 18.2 Å². The summed E-state index contributed by atoms with van der Waals surface area (Å²) in [4.78, 5) is 8.27. The Labute approximate surface area is 99.1 Å². The molecule has 0 spiro atoms. The highest BCUT2D eigenvalue weighted by Crippen LogP contribution is 2.26. The minimum Gasteiger partial charge on any atom is -0.506 e. The fourth-order valence-electron chi connectivity index (χ4n) is 1.71. The van der Waals surface area contributed by atoms with Crippen molar-refractivity contribution in [1.82, 2.24) is 9.97 Å². The molecule has 0 saturated heterocycles. The standard InChI is InChI=1S/C12H13ClN2O/c1-7(2)6-9-8-4-3-5-10(16)11(8)15-12(13)14-9/h3-5,7,16H,6H2,1-2H3. The number of benzene rings is 1. The van der Waals surface area contributed by atoms with E-state index in [4.69, 9.17) is 11.6 Å². The van der Waals surface area contributed by atoms with Crippen LogP contribution in [0.5, 0.6) is 5.75 Å². The summed E-state index contributed by atoms with van der Waals surface area (Å²) in [6.07, 6.45) is 0.822. The van der Waals surface area contributed by atoms with Crippen molar-refractivity contribution >= 4 is 22.5 Å². The fourth-order valence-corrected chi connectivity index (χ4v) is 1.90. The van der Waals surface area contributed by atoms with Crippen LogP contribution in [0.2, 0.25) is 5.28 Å². The molecule has 84 valence electrons. The number of hydrogen-bond acceptors (Lipinski definition) is 3. The SMILES string of the molecule is CC(C)Cc1nc(Cl)nc2c(O)cccc12. The zero-order chi connectivity index (χ0) is 11.7. The third kappa shape index (κ3) is 2.09. The molecule has 2 aromatic rings. The van der Waals surface area contributed by atoms with Crippen molar-refractivity contribution in [3.05, 3.63) is 29.2 Å². The molecule has 0 aliphatic carbocycles. The van der Waals surface area contributed by atoms with E-state index in [1.165, 1.54) is 0 Å². The van der Waals surface area contributed by atoms with E-state index in [1.807, 2.05) is 6.07 Å². The van der Waals surface area contributed by atoms with Crippen LogP contribution in [0.25, 0.3) is 10.9 Å². The summed E-state index contributed by atoms with van der Waals surface area (Å²) in [5.74, 6) is 0.628. The van der Waals surface area contributed by atoms with Gasteiger partial charge in [-0.3, -0.25) is 0 Å². The van der Waals surface area contributed by atoms with Crippen LogP contribution in [0.1, 0.15) is 19.5 Å². The van der Waals surface area contributed by atoms with Gasteiger partial charge < -0.3 is 5.11 Å². The summed E-state index contributed by atoms with van der Waals surface area (Å²) < 4.78 is 0. The third-order valence-corrected chi connectivity index (χ3v) is 2.53. The molecular formula is C12H13ClN2O. The van der Waals surface area contributed by atoms with Gasteiger partial charge in [0.05, 0.1) is 5.69 Å². The van der Waals surface area contributed by atoms with Gasteiger partial charge in [-0.25, -0.2) is 9.97 Å². The fraction of sp³-hybridized carbons (Fsp3) is 0.333. The number of fused-ring (bicyclic) bond motifs is 1. The summed E-state index contributed by atoms with van der Waals surface area (Å²) in [5.41, 5.74) is 1.42. The first-order valence-electron chi connectivity index (χ1n) is 5.22. The smallest absolute Gasteiger partial charge is 0.223 e. The molecule has 0 bridgehead atoms. The average Bonchev–Trinajstić information content (AvgIpc) is 2.18. The van der Waals surface area contributed by atoms with Crippen molar-refractivity contribution in [2.24, 2.45) is 5.92 Å². The first-order chi connectivity index (χ1) is 7.58. The number of phenols is 1. The molecule has 1 aromatic heterocycles. The van der Waals surface area contributed by atoms with Crippen molar-refractivity contribution in [1.29, 1.82) is 0 Å². The Morgan fingerprint density at radius 1 is 1.31 bits per heavy atom. The predicted octanol–water partition coefficient (Wildman–Crippen LogP) is 3.19. The van der Waals surface area contributed by atoms with Crippen molar-refractivity contribution in [3.8, 4) is 5.75 Å². The maximum absolute atomic E-state index is 9.71. The second kappa shape index (κ2) is 4.26. The first-order valence-corrected chi connectivity index (χ1v) is 5.60. The molecule has 2 rings (SSSR count). The number of aromatic nitrogens is 2. The van der Waals surface area contributed by atoms with Gasteiger partial charge >= 0.3 is 0 Å². The van der Waals surface area contributed by atoms with Crippen LogP contribution in [0.3, 0.4) is 0 Å². The van der Waals surface area contributed by atoms with Crippen LogP contribution in [0.4, 0.5) is 0 Å². The van der Waals surface area contributed by atoms with E-state index >= 15 is 0 Å². The van der Waals surface area contributed by atoms with E-state index in [-0.39, 0.29) is 11.0 Å². The molecule has 1 N–H and O–H groups in total. The lowest BCUT2D eigenvalue weighted by Gasteiger charge is -2.08. The number of rotatable bonds is 2. The van der Waals surface area contributed by atoms with E-state index < -0.39 is 0 Å². The summed E-state index contributed by atoms with van der Waals surface area (Å²) in [6.45, 7) is 4.23. The highest BCUT2D eigenvalue weighted by Gasteiger charge is 2.10. The lowest BCUT2D eigenvalue weighted by Crippen LogP contribution is -2.00. The van der Waals surface area contributed by atoms with E-state index in [0.29, 0.717) is 11.4 Å². The van der Waals surface area contributed by atoms with Crippen molar-refractivity contribution in [3.63, 3.8) is 0 Å². The number of nitrogens with zero attached hydrogens (tertiary/aromatic N) is 2. The van der Waals surface area contributed by atoms with Gasteiger partial charge in [-0.2, -0.15) is 0 Å². The Kier molecular flexibility index (Phi) is 2.97. The van der Waals surface area contributed by atoms with E-state index in [0.717, 1.165) is 17.5 Å². The zero-order valence-electron chi connectivity index (χ0n) is 9.24. The molecule has 1 heterocycles. The number of phenolic OH excluding ortho intramolecular Hbond substituents is 1.